The van der Waals surface area contributed by atoms with Gasteiger partial charge in [-0.05, 0) is 179 Å². The number of imidazole rings is 1. The molecule has 5 aromatic carbocycles. The fourth-order valence-electron chi connectivity index (χ4n) is 11.1. The zero-order chi connectivity index (χ0) is 66.7. The van der Waals surface area contributed by atoms with Gasteiger partial charge in [0.1, 0.15) is 0 Å². The number of benzene rings is 5. The van der Waals surface area contributed by atoms with Crippen LogP contribution in [0, 0.1) is 17.8 Å². The van der Waals surface area contributed by atoms with E-state index < -0.39 is 17.1 Å². The van der Waals surface area contributed by atoms with E-state index in [1.807, 2.05) is 67.6 Å². The molecule has 31 N–H and O–H groups in total. The Morgan fingerprint density at radius 1 is 0.451 bits per heavy atom. The fourth-order valence-corrected chi connectivity index (χ4v) is 11.1. The molecule has 7 aliphatic rings. The summed E-state index contributed by atoms with van der Waals surface area (Å²) in [6.45, 7) is 5.15. The van der Waals surface area contributed by atoms with Crippen molar-refractivity contribution in [3.63, 3.8) is 0 Å². The number of hydrogen-bond donors (Lipinski definition) is 18. The van der Waals surface area contributed by atoms with Crippen molar-refractivity contribution in [1.82, 2.24) is 45.2 Å². The number of aromatic nitrogens is 8. The second-order valence-corrected chi connectivity index (χ2v) is 23.2. The molecule has 6 aliphatic carbocycles. The molecule has 4 bridgehead atoms. The smallest absolute Gasteiger partial charge is 0.330 e. The van der Waals surface area contributed by atoms with Crippen molar-refractivity contribution < 1.29 is 0 Å². The predicted molar refractivity (Wildman–Crippen MR) is 379 cm³/mol. The first-order valence-corrected chi connectivity index (χ1v) is 31.5. The predicted octanol–water partition coefficient (Wildman–Crippen LogP) is 8.01. The number of piperidine rings is 1. The third-order valence-corrected chi connectivity index (χ3v) is 14.7. The van der Waals surface area contributed by atoms with Crippen LogP contribution in [-0.2, 0) is 0 Å². The standard InChI is InChI=1S/C10H17N.C10H9N.C6H9N3.C6H8N2.C6H13N.C6H7N.C6H12.C5H11N.C3H6N6.C3H3N3O3.C3H4N2.C2H7N/c11-10-4-7-1-8(5-10)3-9(2-7)6-10;11-10-6-5-8-3-1-2-4-9(8)7-10;7-4-1-5(8)3-6(9)2-4;7-5-1-2-6(8)4-3-5;2*7-6-4-2-1-3-5-6;2*1-2-4-6-5-3-1;4-1-7-2(5)9-3(6)8-1;7-1-4-2(8)6-3(9)5-1;1-2-5-3-4-1;1-2-3/h7-9H,1-6,11H2;1-7H,11H2;1-3H,7-9H2;1-4H,7-8H2;6H,1-5,7H2;1-5H,7H2;1-6H2;6H,1-5H2;(H6,4,5,6,7,8,9);(H3,4,5,6,7,8,9);1-3H,(H,4,5);2-3H2,1H3. The number of nitrogen functional groups attached to an aromatic ring is 10. The first-order chi connectivity index (χ1) is 43.6. The quantitative estimate of drug-likeness (QED) is 0.0639. The van der Waals surface area contributed by atoms with Gasteiger partial charge < -0.3 is 84.8 Å². The molecule has 25 heteroatoms. The molecule has 91 heavy (non-hydrogen) atoms. The van der Waals surface area contributed by atoms with E-state index in [4.69, 9.17) is 74.5 Å². The monoisotopic (exact) mass is 1250 g/mol. The van der Waals surface area contributed by atoms with Gasteiger partial charge >= 0.3 is 17.1 Å². The van der Waals surface area contributed by atoms with Crippen LogP contribution in [0.5, 0.6) is 0 Å². The van der Waals surface area contributed by atoms with Gasteiger partial charge in [-0.1, -0.05) is 120 Å². The van der Waals surface area contributed by atoms with Crippen LogP contribution >= 0.6 is 0 Å². The average Bonchev–Trinajstić information content (AvgIpc) is 1.18. The number of para-hydroxylation sites is 1. The number of anilines is 10. The number of hydrogen-bond acceptors (Lipinski definition) is 21. The van der Waals surface area contributed by atoms with Crippen molar-refractivity contribution in [1.29, 1.82) is 0 Å². The highest BCUT2D eigenvalue weighted by Gasteiger charge is 2.48. The Kier molecular flexibility index (Phi) is 37.0. The molecule has 498 valence electrons. The van der Waals surface area contributed by atoms with Gasteiger partial charge in [0.25, 0.3) is 0 Å². The van der Waals surface area contributed by atoms with E-state index in [0.29, 0.717) is 28.6 Å². The maximum absolute atomic E-state index is 10.2. The van der Waals surface area contributed by atoms with Crippen molar-refractivity contribution in [3.8, 4) is 0 Å². The van der Waals surface area contributed by atoms with Gasteiger partial charge in [0.2, 0.25) is 17.8 Å². The summed E-state index contributed by atoms with van der Waals surface area (Å²) < 4.78 is 0. The second kappa shape index (κ2) is 44.3. The molecule has 4 heterocycles. The summed E-state index contributed by atoms with van der Waals surface area (Å²) in [6, 6.07) is 36.2. The van der Waals surface area contributed by atoms with Crippen LogP contribution in [-0.4, -0.2) is 71.1 Å². The molecule has 0 amide bonds. The molecule has 0 radical (unpaired) electrons. The van der Waals surface area contributed by atoms with E-state index in [0.717, 1.165) is 47.0 Å². The minimum atomic E-state index is -0.802. The number of nitrogens with zero attached hydrogens (tertiary/aromatic N) is 4. The highest BCUT2D eigenvalue weighted by atomic mass is 16.2. The molecule has 7 fully saturated rings. The van der Waals surface area contributed by atoms with E-state index in [9.17, 15) is 14.4 Å². The van der Waals surface area contributed by atoms with Crippen LogP contribution < -0.4 is 96.9 Å². The Bertz CT molecular complexity index is 2970. The third-order valence-electron chi connectivity index (χ3n) is 14.7. The van der Waals surface area contributed by atoms with E-state index in [2.05, 4.69) is 42.4 Å². The fraction of sp³-hybridized carbons (Fsp3) is 0.439. The number of aromatic amines is 4. The molecule has 1 saturated heterocycles. The van der Waals surface area contributed by atoms with E-state index in [-0.39, 0.29) is 17.8 Å². The summed E-state index contributed by atoms with van der Waals surface area (Å²) in [5.41, 5.74) is 73.0. The normalized spacial score (nSPS) is 18.5. The molecule has 6 saturated carbocycles. The summed E-state index contributed by atoms with van der Waals surface area (Å²) >= 11 is 0. The van der Waals surface area contributed by atoms with E-state index in [1.165, 1.54) is 152 Å². The first-order valence-electron chi connectivity index (χ1n) is 31.5. The Balaban J connectivity index is 0.000000262. The van der Waals surface area contributed by atoms with E-state index >= 15 is 0 Å². The van der Waals surface area contributed by atoms with Crippen LogP contribution in [0.3, 0.4) is 0 Å². The van der Waals surface area contributed by atoms with Gasteiger partial charge in [-0.2, -0.15) is 15.0 Å². The Morgan fingerprint density at radius 3 is 1.11 bits per heavy atom. The molecule has 8 aromatic rings. The van der Waals surface area contributed by atoms with Crippen LogP contribution in [0.15, 0.2) is 148 Å². The highest BCUT2D eigenvalue weighted by Crippen LogP contribution is 2.54. The molecule has 15 rings (SSSR count). The largest absolute Gasteiger partial charge is 0.399 e. The maximum atomic E-state index is 10.2. The van der Waals surface area contributed by atoms with Crippen molar-refractivity contribution in [2.24, 2.45) is 35.0 Å². The minimum Gasteiger partial charge on any atom is -0.399 e. The highest BCUT2D eigenvalue weighted by molar-refractivity contribution is 5.85. The Hall–Kier alpha value is -9.17. The van der Waals surface area contributed by atoms with Gasteiger partial charge in [-0.15, -0.1) is 0 Å². The van der Waals surface area contributed by atoms with Crippen LogP contribution in [0.2, 0.25) is 0 Å². The number of nitrogens with one attached hydrogen (secondary N) is 5. The van der Waals surface area contributed by atoms with E-state index in [1.54, 1.807) is 76.1 Å². The molecule has 0 unspecified atom stereocenters. The molecule has 25 nitrogen and oxygen atoms in total. The third kappa shape index (κ3) is 36.8. The molecule has 1 aliphatic heterocycles. The molecular formula is C66H106N22O3. The van der Waals surface area contributed by atoms with Crippen molar-refractivity contribution in [3.05, 3.63) is 165 Å². The van der Waals surface area contributed by atoms with Crippen molar-refractivity contribution in [2.45, 2.75) is 147 Å². The average molecular weight is 1260 g/mol. The lowest BCUT2D eigenvalue weighted by Crippen LogP contribution is -2.55. The summed E-state index contributed by atoms with van der Waals surface area (Å²) in [4.78, 5) is 52.8. The molecule has 3 aromatic heterocycles. The molecule has 0 atom stereocenters. The summed E-state index contributed by atoms with van der Waals surface area (Å²) in [7, 11) is 0. The van der Waals surface area contributed by atoms with Crippen molar-refractivity contribution >= 4 is 68.4 Å². The van der Waals surface area contributed by atoms with Crippen LogP contribution in [0.1, 0.15) is 135 Å². The molecule has 0 spiro atoms. The van der Waals surface area contributed by atoms with Gasteiger partial charge in [-0.3, -0.25) is 15.0 Å². The lowest BCUT2D eigenvalue weighted by molar-refractivity contribution is 0.000362. The summed E-state index contributed by atoms with van der Waals surface area (Å²) in [5.74, 6) is 3.18. The topological polar surface area (TPSA) is 516 Å². The van der Waals surface area contributed by atoms with Gasteiger partial charge in [-0.25, -0.2) is 19.4 Å². The maximum Gasteiger partial charge on any atom is 0.330 e. The molecular weight excluding hydrogens is 1150 g/mol. The Morgan fingerprint density at radius 2 is 0.813 bits per heavy atom. The first kappa shape index (κ1) is 76.1. The second-order valence-electron chi connectivity index (χ2n) is 23.2. The van der Waals surface area contributed by atoms with Crippen LogP contribution in [0.4, 0.5) is 57.7 Å². The minimum absolute atomic E-state index is 0.0417. The number of rotatable bonds is 0. The number of fused-ring (bicyclic) bond motifs is 1. The zero-order valence-electron chi connectivity index (χ0n) is 53.3. The number of H-pyrrole nitrogens is 4. The lowest BCUT2D eigenvalue weighted by Gasteiger charge is -2.55. The van der Waals surface area contributed by atoms with Crippen LogP contribution in [0.25, 0.3) is 10.8 Å². The van der Waals surface area contributed by atoms with Gasteiger partial charge in [0.05, 0.1) is 6.33 Å². The summed E-state index contributed by atoms with van der Waals surface area (Å²) in [6.07, 6.45) is 33.5. The van der Waals surface area contributed by atoms with Gasteiger partial charge in [0.15, 0.2) is 0 Å². The zero-order valence-corrected chi connectivity index (χ0v) is 53.3. The Labute approximate surface area is 535 Å². The van der Waals surface area contributed by atoms with Crippen molar-refractivity contribution in [2.75, 3.05) is 77.0 Å². The number of nitrogens with two attached hydrogens (primary N) is 13. The summed E-state index contributed by atoms with van der Waals surface area (Å²) in [5, 5.41) is 5.72. The van der Waals surface area contributed by atoms with Gasteiger partial charge in [0, 0.05) is 63.8 Å². The SMILES string of the molecule is C1CCCCC1.C1CCNCC1.CCN.NC12CC3CC(CC(C3)C1)C2.NC1CCCCC1.Nc1cc(N)cc(N)c1.Nc1ccc(N)cc1.Nc1ccc2ccccc2c1.Nc1ccccc1.Nc1nc(N)nc(N)n1.O=c1[nH]c(=O)[nH]c(=O)[nH]1.c1c[nH]cn1. The lowest BCUT2D eigenvalue weighted by atomic mass is 9.53.